The molecule has 2 saturated heterocycles. The van der Waals surface area contributed by atoms with Gasteiger partial charge in [0.1, 0.15) is 18.0 Å². The number of aliphatic hydroxyl groups is 1. The number of nitriles is 1. The topological polar surface area (TPSA) is 168 Å². The number of aromatic nitrogens is 10. The summed E-state index contributed by atoms with van der Waals surface area (Å²) in [6.45, 7) is 6.77. The number of nitrogens with zero attached hydrogens (tertiary/aromatic N) is 13. The van der Waals surface area contributed by atoms with E-state index in [1.807, 2.05) is 67.1 Å². The van der Waals surface area contributed by atoms with Gasteiger partial charge in [-0.05, 0) is 202 Å². The number of nitrogens with one attached hydrogen (secondary N) is 3. The van der Waals surface area contributed by atoms with Gasteiger partial charge in [-0.25, -0.2) is 18.7 Å². The highest BCUT2D eigenvalue weighted by Gasteiger charge is 2.30. The van der Waals surface area contributed by atoms with Crippen molar-refractivity contribution in [1.29, 1.82) is 5.26 Å². The van der Waals surface area contributed by atoms with E-state index in [9.17, 15) is 13.9 Å². The third-order valence-electron chi connectivity index (χ3n) is 20.1. The SMILES string of the molecule is CN(C)[C@@H]1CCN(c2ccc3c(c2)Cn2cc(-c4ccc(C#N)cc4)cc2-c2nccn2-3)C1.Fc1ccc(-c2cc3n(c2)Cc2cc(NC4CCNCC4)ccc2-n2cnnc2-3)cc1.OC[C@@H]1CCC[C@H]1Nc1ccc2c(c1)Cn1cc(-c3ccc(F)cc3)cc1-c1nccn1-2. The molecule has 3 fully saturated rings. The van der Waals surface area contributed by atoms with Crippen LogP contribution in [0.3, 0.4) is 0 Å². The summed E-state index contributed by atoms with van der Waals surface area (Å²) in [7, 11) is 4.34. The smallest absolute Gasteiger partial charge is 0.185 e. The van der Waals surface area contributed by atoms with Gasteiger partial charge in [0.2, 0.25) is 0 Å². The third kappa shape index (κ3) is 11.7. The molecular formula is C77H74F2N16O. The molecule has 3 atom stereocenters. The molecule has 6 aromatic heterocycles. The number of fused-ring (bicyclic) bond motifs is 15. The molecule has 6 aromatic carbocycles. The molecule has 1 aliphatic carbocycles. The lowest BCUT2D eigenvalue weighted by Crippen LogP contribution is -2.35. The molecule has 0 amide bonds. The largest absolute Gasteiger partial charge is 0.396 e. The van der Waals surface area contributed by atoms with E-state index in [4.69, 9.17) is 10.2 Å². The number of aliphatic hydroxyl groups excluding tert-OH is 1. The number of hydrogen-bond donors (Lipinski definition) is 4. The third-order valence-corrected chi connectivity index (χ3v) is 20.1. The van der Waals surface area contributed by atoms with Crippen LogP contribution in [0, 0.1) is 28.9 Å². The second-order valence-electron chi connectivity index (χ2n) is 26.3. The van der Waals surface area contributed by atoms with E-state index in [0.29, 0.717) is 29.6 Å². The molecular weight excluding hydrogens is 1200 g/mol. The molecule has 11 heterocycles. The zero-order valence-corrected chi connectivity index (χ0v) is 53.7. The van der Waals surface area contributed by atoms with E-state index >= 15 is 0 Å². The summed E-state index contributed by atoms with van der Waals surface area (Å²) in [6, 6.07) is 50.9. The Balaban J connectivity index is 0.000000113. The molecule has 18 rings (SSSR count). The summed E-state index contributed by atoms with van der Waals surface area (Å²) in [5.41, 5.74) is 20.8. The van der Waals surface area contributed by atoms with Crippen LogP contribution in [0.4, 0.5) is 25.8 Å². The Morgan fingerprint density at radius 1 is 0.573 bits per heavy atom. The van der Waals surface area contributed by atoms with Crippen LogP contribution in [0.5, 0.6) is 0 Å². The predicted octanol–water partition coefficient (Wildman–Crippen LogP) is 13.5. The van der Waals surface area contributed by atoms with Gasteiger partial charge in [0, 0.05) is 141 Å². The Morgan fingerprint density at radius 3 is 1.64 bits per heavy atom. The minimum atomic E-state index is -0.232. The van der Waals surface area contributed by atoms with E-state index in [0.717, 1.165) is 169 Å². The fourth-order valence-electron chi connectivity index (χ4n) is 15.0. The molecule has 1 saturated carbocycles. The van der Waals surface area contributed by atoms with Crippen molar-refractivity contribution in [2.75, 3.05) is 62.4 Å². The molecule has 0 spiro atoms. The first kappa shape index (κ1) is 60.3. The summed E-state index contributed by atoms with van der Waals surface area (Å²) in [6.07, 6.45) is 22.8. The molecule has 6 aliphatic rings. The Kier molecular flexibility index (Phi) is 16.1. The second-order valence-corrected chi connectivity index (χ2v) is 26.3. The van der Waals surface area contributed by atoms with Crippen LogP contribution in [-0.2, 0) is 19.6 Å². The van der Waals surface area contributed by atoms with Crippen molar-refractivity contribution < 1.29 is 13.9 Å². The van der Waals surface area contributed by atoms with Crippen molar-refractivity contribution in [3.63, 3.8) is 0 Å². The number of imidazole rings is 2. The van der Waals surface area contributed by atoms with Gasteiger partial charge in [0.25, 0.3) is 0 Å². The molecule has 5 aliphatic heterocycles. The monoisotopic (exact) mass is 1280 g/mol. The molecule has 12 aromatic rings. The average molecular weight is 1280 g/mol. The van der Waals surface area contributed by atoms with E-state index in [-0.39, 0.29) is 18.2 Å². The molecule has 96 heavy (non-hydrogen) atoms. The minimum absolute atomic E-state index is 0.230. The highest BCUT2D eigenvalue weighted by molar-refractivity contribution is 5.76. The van der Waals surface area contributed by atoms with Gasteiger partial charge < -0.3 is 44.6 Å². The fraction of sp³-hybridized carbons (Fsp3) is 0.260. The predicted molar refractivity (Wildman–Crippen MR) is 373 cm³/mol. The number of benzene rings is 6. The van der Waals surface area contributed by atoms with Crippen LogP contribution in [0.15, 0.2) is 195 Å². The Bertz CT molecular complexity index is 4840. The van der Waals surface area contributed by atoms with Crippen LogP contribution in [0.1, 0.15) is 60.8 Å². The minimum Gasteiger partial charge on any atom is -0.396 e. The fourth-order valence-corrected chi connectivity index (χ4v) is 15.0. The van der Waals surface area contributed by atoms with Crippen molar-refractivity contribution in [1.82, 2.24) is 57.8 Å². The van der Waals surface area contributed by atoms with Gasteiger partial charge in [0.15, 0.2) is 17.5 Å². The zero-order valence-electron chi connectivity index (χ0n) is 53.7. The molecule has 482 valence electrons. The number of halogens is 2. The standard InChI is InChI=1S/C27H26N6.C26H25FN4O.C24H23FN6/c1-30(2)24-9-11-31(18-24)23-7-8-25-22(13-23)17-32-16-21(20-5-3-19(15-28)4-6-20)14-26(32)27-29-10-12-33(25)27;27-21-6-4-17(5-7-21)19-13-25-26-28-10-11-31(26)24-9-8-22(12-20(24)15-30(25)14-19)29-23-3-1-2-18(23)16-32;25-19-3-1-16(2-4-19)17-12-23-24-29-27-15-31(24)22-6-5-21(11-18(22)14-30(23)13-17)28-20-7-9-26-10-8-20/h3-8,10,12-14,16,24H,9,11,17-18H2,1-2H3;4-14,18,23,29,32H,1-3,15-16H2;1-6,11-13,15,20,26,28H,7-10,14H2/t24-;18-,23+;/m10./s1. The summed E-state index contributed by atoms with van der Waals surface area (Å²) in [4.78, 5) is 14.2. The zero-order chi connectivity index (χ0) is 65.0. The first-order chi connectivity index (χ1) is 47.0. The van der Waals surface area contributed by atoms with Crippen LogP contribution < -0.4 is 20.9 Å². The molecule has 0 unspecified atom stereocenters. The van der Waals surface area contributed by atoms with Gasteiger partial charge in [-0.3, -0.25) is 13.7 Å². The maximum Gasteiger partial charge on any atom is 0.185 e. The second kappa shape index (κ2) is 25.6. The highest BCUT2D eigenvalue weighted by Crippen LogP contribution is 2.40. The normalized spacial score (nSPS) is 17.2. The van der Waals surface area contributed by atoms with Crippen LogP contribution in [-0.4, -0.2) is 123 Å². The first-order valence-electron chi connectivity index (χ1n) is 33.3. The van der Waals surface area contributed by atoms with Gasteiger partial charge in [0.05, 0.1) is 45.8 Å². The van der Waals surface area contributed by atoms with Gasteiger partial charge in [-0.15, -0.1) is 10.2 Å². The van der Waals surface area contributed by atoms with E-state index in [1.165, 1.54) is 58.8 Å². The van der Waals surface area contributed by atoms with E-state index in [1.54, 1.807) is 6.33 Å². The van der Waals surface area contributed by atoms with Crippen molar-refractivity contribution in [3.8, 4) is 91.1 Å². The van der Waals surface area contributed by atoms with Crippen LogP contribution in [0.25, 0.3) is 85.0 Å². The first-order valence-corrected chi connectivity index (χ1v) is 33.3. The van der Waals surface area contributed by atoms with Crippen molar-refractivity contribution in [2.45, 2.75) is 76.3 Å². The lowest BCUT2D eigenvalue weighted by molar-refractivity contribution is 0.222. The number of piperidine rings is 1. The van der Waals surface area contributed by atoms with Crippen LogP contribution >= 0.6 is 0 Å². The van der Waals surface area contributed by atoms with Crippen molar-refractivity contribution in [3.05, 3.63) is 229 Å². The number of likely N-dealkylation sites (N-methyl/N-ethyl adjacent to an activating group) is 1. The maximum absolute atomic E-state index is 13.4. The van der Waals surface area contributed by atoms with Gasteiger partial charge in [-0.1, -0.05) is 42.8 Å². The summed E-state index contributed by atoms with van der Waals surface area (Å²) < 4.78 is 39.9. The van der Waals surface area contributed by atoms with E-state index in [2.05, 4.69) is 186 Å². The Morgan fingerprint density at radius 2 is 1.09 bits per heavy atom. The summed E-state index contributed by atoms with van der Waals surface area (Å²) >= 11 is 0. The molecule has 4 N–H and O–H groups in total. The number of anilines is 3. The Hall–Kier alpha value is -10.7. The lowest BCUT2D eigenvalue weighted by Gasteiger charge is -2.25. The van der Waals surface area contributed by atoms with Gasteiger partial charge >= 0.3 is 0 Å². The number of hydrogen-bond acceptors (Lipinski definition) is 11. The molecule has 0 radical (unpaired) electrons. The van der Waals surface area contributed by atoms with Crippen LogP contribution in [0.2, 0.25) is 0 Å². The summed E-state index contributed by atoms with van der Waals surface area (Å²) in [5, 5.41) is 38.2. The maximum atomic E-state index is 13.4. The molecule has 17 nitrogen and oxygen atoms in total. The number of rotatable bonds is 10. The molecule has 0 bridgehead atoms. The lowest BCUT2D eigenvalue weighted by atomic mass is 10.0. The van der Waals surface area contributed by atoms with E-state index < -0.39 is 0 Å². The quantitative estimate of drug-likeness (QED) is 0.103. The van der Waals surface area contributed by atoms with Crippen molar-refractivity contribution >= 4 is 17.1 Å². The van der Waals surface area contributed by atoms with Gasteiger partial charge in [-0.2, -0.15) is 5.26 Å². The van der Waals surface area contributed by atoms with Crippen molar-refractivity contribution in [2.24, 2.45) is 5.92 Å². The summed E-state index contributed by atoms with van der Waals surface area (Å²) in [5.74, 6) is 2.52. The Labute approximate surface area is 556 Å². The highest BCUT2D eigenvalue weighted by atomic mass is 19.1. The molecule has 19 heteroatoms. The average Bonchev–Trinajstić information content (AvgIpc) is 1.62.